The molecule has 0 fully saturated rings. The molecule has 0 aliphatic carbocycles. The van der Waals surface area contributed by atoms with Gasteiger partial charge in [-0.05, 0) is 12.1 Å². The first-order valence-corrected chi connectivity index (χ1v) is 4.34. The fourth-order valence-electron chi connectivity index (χ4n) is 1.08. The van der Waals surface area contributed by atoms with E-state index in [-0.39, 0.29) is 11.6 Å². The normalized spacial score (nSPS) is 10.1. The van der Waals surface area contributed by atoms with Gasteiger partial charge in [0.1, 0.15) is 0 Å². The number of halogens is 2. The Bertz CT molecular complexity index is 569. The Kier molecular flexibility index (Phi) is 2.63. The minimum absolute atomic E-state index is 0.341. The highest BCUT2D eigenvalue weighted by atomic mass is 19.2. The molecule has 0 amide bonds. The lowest BCUT2D eigenvalue weighted by molar-refractivity contribution is 0.400. The average Bonchev–Trinajstić information content (AvgIpc) is 2.28. The number of hydrogen-bond acceptors (Lipinski definition) is 3. The summed E-state index contributed by atoms with van der Waals surface area (Å²) in [4.78, 5) is 17.0. The van der Waals surface area contributed by atoms with E-state index in [1.54, 1.807) is 0 Å². The van der Waals surface area contributed by atoms with Crippen molar-refractivity contribution in [3.63, 3.8) is 0 Å². The molecule has 0 spiro atoms. The minimum atomic E-state index is -1.16. The third kappa shape index (κ3) is 1.90. The SMILES string of the molecule is O=c1[nH]ccnc1Oc1cccc(F)c1F. The summed E-state index contributed by atoms with van der Waals surface area (Å²) in [5.41, 5.74) is -0.619. The highest BCUT2D eigenvalue weighted by Crippen LogP contribution is 2.22. The smallest absolute Gasteiger partial charge is 0.311 e. The van der Waals surface area contributed by atoms with E-state index in [9.17, 15) is 13.6 Å². The summed E-state index contributed by atoms with van der Waals surface area (Å²) in [6.07, 6.45) is 2.57. The van der Waals surface area contributed by atoms with Gasteiger partial charge in [0, 0.05) is 12.4 Å². The molecular formula is C10H6F2N2O2. The quantitative estimate of drug-likeness (QED) is 0.846. The summed E-state index contributed by atoms with van der Waals surface area (Å²) in [6.45, 7) is 0. The second-order valence-corrected chi connectivity index (χ2v) is 2.88. The zero-order chi connectivity index (χ0) is 11.5. The molecule has 1 aromatic heterocycles. The molecule has 0 unspecified atom stereocenters. The van der Waals surface area contributed by atoms with Crippen LogP contribution in [0.15, 0.2) is 35.4 Å². The number of aromatic nitrogens is 2. The Hall–Kier alpha value is -2.24. The molecular weight excluding hydrogens is 218 g/mol. The van der Waals surface area contributed by atoms with E-state index in [0.29, 0.717) is 0 Å². The summed E-state index contributed by atoms with van der Waals surface area (Å²) in [5.74, 6) is -2.94. The molecule has 1 aromatic carbocycles. The van der Waals surface area contributed by atoms with E-state index >= 15 is 0 Å². The minimum Gasteiger partial charge on any atom is -0.431 e. The largest absolute Gasteiger partial charge is 0.431 e. The van der Waals surface area contributed by atoms with Crippen LogP contribution in [0.5, 0.6) is 11.6 Å². The second-order valence-electron chi connectivity index (χ2n) is 2.88. The molecule has 82 valence electrons. The number of benzene rings is 1. The van der Waals surface area contributed by atoms with E-state index in [1.807, 2.05) is 0 Å². The van der Waals surface area contributed by atoms with Gasteiger partial charge in [0.05, 0.1) is 0 Å². The maximum atomic E-state index is 13.2. The van der Waals surface area contributed by atoms with Gasteiger partial charge in [0.25, 0.3) is 5.88 Å². The molecule has 1 N–H and O–H groups in total. The van der Waals surface area contributed by atoms with Gasteiger partial charge in [-0.1, -0.05) is 6.07 Å². The number of nitrogens with one attached hydrogen (secondary N) is 1. The van der Waals surface area contributed by atoms with Gasteiger partial charge in [0.15, 0.2) is 11.6 Å². The van der Waals surface area contributed by atoms with Crippen molar-refractivity contribution >= 4 is 0 Å². The first-order valence-electron chi connectivity index (χ1n) is 4.34. The van der Waals surface area contributed by atoms with E-state index in [4.69, 9.17) is 4.74 Å². The average molecular weight is 224 g/mol. The maximum absolute atomic E-state index is 13.2. The van der Waals surface area contributed by atoms with Crippen LogP contribution in [0.1, 0.15) is 0 Å². The zero-order valence-corrected chi connectivity index (χ0v) is 7.91. The van der Waals surface area contributed by atoms with Crippen LogP contribution < -0.4 is 10.3 Å². The number of ether oxygens (including phenoxy) is 1. The number of aromatic amines is 1. The van der Waals surface area contributed by atoms with Gasteiger partial charge < -0.3 is 9.72 Å². The highest BCUT2D eigenvalue weighted by Gasteiger charge is 2.11. The monoisotopic (exact) mass is 224 g/mol. The van der Waals surface area contributed by atoms with Crippen molar-refractivity contribution in [2.45, 2.75) is 0 Å². The molecule has 0 bridgehead atoms. The standard InChI is InChI=1S/C10H6F2N2O2/c11-6-2-1-3-7(8(6)12)16-10-9(15)13-4-5-14-10/h1-5H,(H,13,15). The van der Waals surface area contributed by atoms with Crippen molar-refractivity contribution < 1.29 is 13.5 Å². The summed E-state index contributed by atoms with van der Waals surface area (Å²) in [5, 5.41) is 0. The van der Waals surface area contributed by atoms with Crippen molar-refractivity contribution in [1.29, 1.82) is 0 Å². The molecule has 16 heavy (non-hydrogen) atoms. The van der Waals surface area contributed by atoms with Gasteiger partial charge in [-0.15, -0.1) is 0 Å². The van der Waals surface area contributed by atoms with E-state index in [2.05, 4.69) is 9.97 Å². The Morgan fingerprint density at radius 1 is 1.31 bits per heavy atom. The number of hydrogen-bond donors (Lipinski definition) is 1. The molecule has 6 heteroatoms. The Morgan fingerprint density at radius 2 is 2.12 bits per heavy atom. The van der Waals surface area contributed by atoms with Crippen molar-refractivity contribution in [2.75, 3.05) is 0 Å². The second kappa shape index (κ2) is 4.09. The fraction of sp³-hybridized carbons (Fsp3) is 0. The third-order valence-electron chi connectivity index (χ3n) is 1.80. The molecule has 0 aliphatic heterocycles. The van der Waals surface area contributed by atoms with Gasteiger partial charge in [0.2, 0.25) is 5.82 Å². The zero-order valence-electron chi connectivity index (χ0n) is 7.91. The van der Waals surface area contributed by atoms with Crippen LogP contribution in [0.2, 0.25) is 0 Å². The van der Waals surface area contributed by atoms with Crippen LogP contribution in [-0.4, -0.2) is 9.97 Å². The maximum Gasteiger partial charge on any atom is 0.311 e. The van der Waals surface area contributed by atoms with Crippen LogP contribution in [0.25, 0.3) is 0 Å². The predicted molar refractivity (Wildman–Crippen MR) is 51.3 cm³/mol. The fourth-order valence-corrected chi connectivity index (χ4v) is 1.08. The first kappa shape index (κ1) is 10.3. The molecule has 4 nitrogen and oxygen atoms in total. The summed E-state index contributed by atoms with van der Waals surface area (Å²) in [7, 11) is 0. The van der Waals surface area contributed by atoms with Gasteiger partial charge in [-0.25, -0.2) is 9.37 Å². The van der Waals surface area contributed by atoms with Crippen LogP contribution in [-0.2, 0) is 0 Å². The van der Waals surface area contributed by atoms with Gasteiger partial charge in [-0.3, -0.25) is 4.79 Å². The lowest BCUT2D eigenvalue weighted by Gasteiger charge is -2.04. The summed E-state index contributed by atoms with van der Waals surface area (Å²) in [6, 6.07) is 3.42. The first-order chi connectivity index (χ1) is 7.68. The van der Waals surface area contributed by atoms with Crippen LogP contribution in [0.4, 0.5) is 8.78 Å². The molecule has 0 aliphatic rings. The topological polar surface area (TPSA) is 55.0 Å². The van der Waals surface area contributed by atoms with Crippen molar-refractivity contribution in [1.82, 2.24) is 9.97 Å². The van der Waals surface area contributed by atoms with Gasteiger partial charge in [-0.2, -0.15) is 4.39 Å². The van der Waals surface area contributed by atoms with Crippen LogP contribution in [0.3, 0.4) is 0 Å². The van der Waals surface area contributed by atoms with E-state index in [1.165, 1.54) is 24.5 Å². The third-order valence-corrected chi connectivity index (χ3v) is 1.80. The van der Waals surface area contributed by atoms with E-state index < -0.39 is 17.2 Å². The van der Waals surface area contributed by atoms with E-state index in [0.717, 1.165) is 6.07 Å². The lowest BCUT2D eigenvalue weighted by Crippen LogP contribution is -2.09. The highest BCUT2D eigenvalue weighted by molar-refractivity contribution is 5.28. The predicted octanol–water partition coefficient (Wildman–Crippen LogP) is 1.84. The molecule has 2 rings (SSSR count). The molecule has 0 saturated carbocycles. The summed E-state index contributed by atoms with van der Waals surface area (Å²) < 4.78 is 30.9. The lowest BCUT2D eigenvalue weighted by atomic mass is 10.3. The molecule has 0 radical (unpaired) electrons. The van der Waals surface area contributed by atoms with Crippen LogP contribution >= 0.6 is 0 Å². The van der Waals surface area contributed by atoms with Crippen molar-refractivity contribution in [2.24, 2.45) is 0 Å². The van der Waals surface area contributed by atoms with Gasteiger partial charge >= 0.3 is 5.56 Å². The molecule has 0 saturated heterocycles. The number of H-pyrrole nitrogens is 1. The summed E-state index contributed by atoms with van der Waals surface area (Å²) >= 11 is 0. The number of rotatable bonds is 2. The molecule has 2 aromatic rings. The Labute approximate surface area is 88.5 Å². The van der Waals surface area contributed by atoms with Crippen molar-refractivity contribution in [3.8, 4) is 11.6 Å². The Balaban J connectivity index is 2.38. The van der Waals surface area contributed by atoms with Crippen LogP contribution in [0, 0.1) is 11.6 Å². The molecule has 1 heterocycles. The molecule has 0 atom stereocenters. The Morgan fingerprint density at radius 3 is 2.88 bits per heavy atom. The number of nitrogens with zero attached hydrogens (tertiary/aromatic N) is 1. The van der Waals surface area contributed by atoms with Crippen molar-refractivity contribution in [3.05, 3.63) is 52.6 Å².